The molecule has 2 heterocycles. The summed E-state index contributed by atoms with van der Waals surface area (Å²) in [5.74, 6) is 0.506. The molecule has 0 amide bonds. The lowest BCUT2D eigenvalue weighted by molar-refractivity contribution is 0.124. The molecular formula is C28H29ClN5O+. The normalized spacial score (nSPS) is 16.1. The molecule has 0 spiro atoms. The fraction of sp³-hybridized carbons (Fsp3) is 0.250. The molecule has 4 aromatic rings. The summed E-state index contributed by atoms with van der Waals surface area (Å²) >= 11 is 6.29. The van der Waals surface area contributed by atoms with Gasteiger partial charge in [0.05, 0.1) is 13.1 Å². The molecular weight excluding hydrogens is 458 g/mol. The number of halogens is 1. The average molecular weight is 487 g/mol. The molecule has 3 aromatic carbocycles. The maximum atomic E-state index is 13.9. The fourth-order valence-corrected chi connectivity index (χ4v) is 5.15. The third kappa shape index (κ3) is 4.78. The Kier molecular flexibility index (Phi) is 6.77. The van der Waals surface area contributed by atoms with Gasteiger partial charge in [0.1, 0.15) is 11.4 Å². The minimum absolute atomic E-state index is 0.154. The number of aromatic nitrogens is 3. The standard InChI is InChI=1S/C28H29ClN5O/c1-21(34(17-15-30-16-18-34)25-13-6-3-7-14-25)33-28(35)26(19-22-9-4-2-5-10-22)31-27(32-33)23-11-8-12-24(29)20-23/h2-14,20-21,30H,15-19H2,1H3/q+1. The fourth-order valence-electron chi connectivity index (χ4n) is 4.96. The summed E-state index contributed by atoms with van der Waals surface area (Å²) < 4.78 is 2.30. The second-order valence-corrected chi connectivity index (χ2v) is 9.44. The van der Waals surface area contributed by atoms with Gasteiger partial charge in [0, 0.05) is 37.0 Å². The van der Waals surface area contributed by atoms with E-state index in [9.17, 15) is 4.79 Å². The van der Waals surface area contributed by atoms with Crippen molar-refractivity contribution in [1.29, 1.82) is 0 Å². The third-order valence-corrected chi connectivity index (χ3v) is 7.15. The Morgan fingerprint density at radius 2 is 1.66 bits per heavy atom. The summed E-state index contributed by atoms with van der Waals surface area (Å²) in [6.45, 7) is 5.57. The zero-order valence-corrected chi connectivity index (χ0v) is 20.5. The van der Waals surface area contributed by atoms with E-state index in [0.29, 0.717) is 27.4 Å². The van der Waals surface area contributed by atoms with Crippen molar-refractivity contribution in [3.05, 3.63) is 112 Å². The van der Waals surface area contributed by atoms with Gasteiger partial charge in [-0.2, -0.15) is 4.68 Å². The largest absolute Gasteiger partial charge is 0.306 e. The maximum absolute atomic E-state index is 13.9. The van der Waals surface area contributed by atoms with Gasteiger partial charge in [0.2, 0.25) is 0 Å². The van der Waals surface area contributed by atoms with Crippen LogP contribution >= 0.6 is 11.6 Å². The van der Waals surface area contributed by atoms with Crippen LogP contribution in [-0.2, 0) is 6.42 Å². The predicted octanol–water partition coefficient (Wildman–Crippen LogP) is 4.68. The molecule has 1 saturated heterocycles. The smallest absolute Gasteiger partial charge is 0.293 e. The zero-order valence-electron chi connectivity index (χ0n) is 19.8. The number of rotatable bonds is 6. The van der Waals surface area contributed by atoms with Gasteiger partial charge < -0.3 is 5.32 Å². The van der Waals surface area contributed by atoms with Crippen LogP contribution in [0.4, 0.5) is 5.69 Å². The number of piperazine rings is 1. The van der Waals surface area contributed by atoms with Gasteiger partial charge in [-0.25, -0.2) is 4.98 Å². The van der Waals surface area contributed by atoms with Crippen molar-refractivity contribution < 1.29 is 0 Å². The Morgan fingerprint density at radius 3 is 2.34 bits per heavy atom. The highest BCUT2D eigenvalue weighted by atomic mass is 35.5. The lowest BCUT2D eigenvalue weighted by atomic mass is 10.1. The van der Waals surface area contributed by atoms with E-state index in [-0.39, 0.29) is 11.7 Å². The molecule has 1 unspecified atom stereocenters. The summed E-state index contributed by atoms with van der Waals surface area (Å²) in [6.07, 6.45) is 0.220. The van der Waals surface area contributed by atoms with Gasteiger partial charge >= 0.3 is 0 Å². The molecule has 7 heteroatoms. The Balaban J connectivity index is 1.67. The minimum Gasteiger partial charge on any atom is -0.306 e. The minimum atomic E-state index is -0.220. The van der Waals surface area contributed by atoms with E-state index in [0.717, 1.165) is 37.3 Å². The highest BCUT2D eigenvalue weighted by Crippen LogP contribution is 2.32. The van der Waals surface area contributed by atoms with Crippen molar-refractivity contribution in [2.45, 2.75) is 19.5 Å². The average Bonchev–Trinajstić information content (AvgIpc) is 2.91. The Hall–Kier alpha value is -3.32. The van der Waals surface area contributed by atoms with E-state index >= 15 is 0 Å². The second-order valence-electron chi connectivity index (χ2n) is 9.00. The molecule has 1 atom stereocenters. The summed E-state index contributed by atoms with van der Waals surface area (Å²) in [5.41, 5.74) is 3.34. The van der Waals surface area contributed by atoms with Crippen molar-refractivity contribution in [2.24, 2.45) is 0 Å². The van der Waals surface area contributed by atoms with Crippen LogP contribution in [0.1, 0.15) is 24.3 Å². The second kappa shape index (κ2) is 10.1. The lowest BCUT2D eigenvalue weighted by Gasteiger charge is -2.45. The topological polar surface area (TPSA) is 59.8 Å². The molecule has 1 aliphatic rings. The molecule has 1 fully saturated rings. The van der Waals surface area contributed by atoms with Crippen LogP contribution in [0.25, 0.3) is 11.4 Å². The summed E-state index contributed by atoms with van der Waals surface area (Å²) in [6, 6.07) is 27.9. The molecule has 1 aromatic heterocycles. The molecule has 178 valence electrons. The molecule has 0 aliphatic carbocycles. The SMILES string of the molecule is CC(n1nc(-c2cccc(Cl)c2)nc(Cc2ccccc2)c1=O)[N+]1(c2ccccc2)CCNCC1. The van der Waals surface area contributed by atoms with Crippen molar-refractivity contribution in [3.63, 3.8) is 0 Å². The van der Waals surface area contributed by atoms with E-state index in [4.69, 9.17) is 21.7 Å². The molecule has 0 saturated carbocycles. The lowest BCUT2D eigenvalue weighted by Crippen LogP contribution is -2.63. The highest BCUT2D eigenvalue weighted by Gasteiger charge is 2.40. The van der Waals surface area contributed by atoms with E-state index in [1.807, 2.05) is 60.7 Å². The molecule has 5 rings (SSSR count). The van der Waals surface area contributed by atoms with Gasteiger partial charge in [-0.1, -0.05) is 72.3 Å². The van der Waals surface area contributed by atoms with Crippen LogP contribution in [0.3, 0.4) is 0 Å². The number of hydrogen-bond donors (Lipinski definition) is 1. The third-order valence-electron chi connectivity index (χ3n) is 6.91. The first kappa shape index (κ1) is 23.4. The van der Waals surface area contributed by atoms with Crippen LogP contribution in [0.15, 0.2) is 89.7 Å². The van der Waals surface area contributed by atoms with Crippen molar-refractivity contribution in [3.8, 4) is 11.4 Å². The highest BCUT2D eigenvalue weighted by molar-refractivity contribution is 6.30. The Bertz CT molecular complexity index is 1350. The van der Waals surface area contributed by atoms with Crippen LogP contribution < -0.4 is 15.4 Å². The molecule has 6 nitrogen and oxygen atoms in total. The van der Waals surface area contributed by atoms with Crippen LogP contribution in [-0.4, -0.2) is 40.9 Å². The zero-order chi connectivity index (χ0) is 24.3. The van der Waals surface area contributed by atoms with Gasteiger partial charge in [-0.05, 0) is 29.8 Å². The first-order chi connectivity index (χ1) is 17.1. The maximum Gasteiger partial charge on any atom is 0.293 e. The van der Waals surface area contributed by atoms with Gasteiger partial charge in [-0.15, -0.1) is 5.10 Å². The summed E-state index contributed by atoms with van der Waals surface area (Å²) in [4.78, 5) is 18.6. The quantitative estimate of drug-likeness (QED) is 0.402. The van der Waals surface area contributed by atoms with Crippen molar-refractivity contribution in [1.82, 2.24) is 24.6 Å². The van der Waals surface area contributed by atoms with E-state index in [1.54, 1.807) is 4.68 Å². The van der Waals surface area contributed by atoms with Crippen LogP contribution in [0.2, 0.25) is 5.02 Å². The summed E-state index contributed by atoms with van der Waals surface area (Å²) in [5, 5.41) is 8.91. The van der Waals surface area contributed by atoms with E-state index in [1.165, 1.54) is 5.69 Å². The van der Waals surface area contributed by atoms with Crippen LogP contribution in [0, 0.1) is 0 Å². The van der Waals surface area contributed by atoms with Crippen molar-refractivity contribution in [2.75, 3.05) is 26.2 Å². The van der Waals surface area contributed by atoms with Gasteiger partial charge in [0.15, 0.2) is 12.0 Å². The number of nitrogens with one attached hydrogen (secondary N) is 1. The first-order valence-corrected chi connectivity index (χ1v) is 12.4. The molecule has 0 bridgehead atoms. The number of quaternary nitrogens is 1. The van der Waals surface area contributed by atoms with E-state index < -0.39 is 0 Å². The number of benzene rings is 3. The van der Waals surface area contributed by atoms with Gasteiger partial charge in [-0.3, -0.25) is 9.28 Å². The first-order valence-electron chi connectivity index (χ1n) is 12.0. The monoisotopic (exact) mass is 486 g/mol. The Morgan fingerprint density at radius 1 is 0.971 bits per heavy atom. The molecule has 0 radical (unpaired) electrons. The summed E-state index contributed by atoms with van der Waals surface area (Å²) in [7, 11) is 0. The number of hydrogen-bond acceptors (Lipinski definition) is 4. The molecule has 1 aliphatic heterocycles. The Labute approximate surface area is 210 Å². The van der Waals surface area contributed by atoms with Gasteiger partial charge in [0.25, 0.3) is 5.56 Å². The van der Waals surface area contributed by atoms with Crippen LogP contribution in [0.5, 0.6) is 0 Å². The molecule has 35 heavy (non-hydrogen) atoms. The number of para-hydroxylation sites is 1. The molecule has 1 N–H and O–H groups in total. The van der Waals surface area contributed by atoms with Crippen molar-refractivity contribution >= 4 is 17.3 Å². The van der Waals surface area contributed by atoms with E-state index in [2.05, 4.69) is 36.5 Å². The number of nitrogens with zero attached hydrogens (tertiary/aromatic N) is 4. The predicted molar refractivity (Wildman–Crippen MR) is 142 cm³/mol.